The first-order valence-corrected chi connectivity index (χ1v) is 7.63. The fraction of sp³-hybridized carbons (Fsp3) is 0.188. The average Bonchev–Trinajstić information content (AvgIpc) is 2.53. The Kier molecular flexibility index (Phi) is 5.41. The number of aromatic carboxylic acids is 2. The van der Waals surface area contributed by atoms with E-state index in [1.165, 1.54) is 19.2 Å². The summed E-state index contributed by atoms with van der Waals surface area (Å²) in [5, 5.41) is 18.9. The molecule has 10 heteroatoms. The lowest BCUT2D eigenvalue weighted by atomic mass is 9.95. The van der Waals surface area contributed by atoms with Crippen LogP contribution in [0.5, 0.6) is 11.5 Å². The maximum absolute atomic E-state index is 12.1. The van der Waals surface area contributed by atoms with Crippen molar-refractivity contribution in [2.45, 2.75) is 6.92 Å². The molecule has 2 rings (SSSR count). The first kappa shape index (κ1) is 19.1. The number of nitrogens with one attached hydrogen (secondary N) is 1. The predicted molar refractivity (Wildman–Crippen MR) is 93.6 cm³/mol. The van der Waals surface area contributed by atoms with Crippen molar-refractivity contribution in [3.63, 3.8) is 0 Å². The third kappa shape index (κ3) is 3.29. The van der Waals surface area contributed by atoms with Crippen LogP contribution in [0.2, 0.25) is 5.02 Å². The quantitative estimate of drug-likeness (QED) is 0.592. The van der Waals surface area contributed by atoms with Crippen LogP contribution >= 0.6 is 11.6 Å². The molecule has 0 saturated heterocycles. The number of ether oxygens (including phenoxy) is 2. The summed E-state index contributed by atoms with van der Waals surface area (Å²) in [6.07, 6.45) is 0. The highest BCUT2D eigenvalue weighted by atomic mass is 35.5. The summed E-state index contributed by atoms with van der Waals surface area (Å²) < 4.78 is 10.6. The number of nitrogens with two attached hydrogens (primary N) is 1. The minimum atomic E-state index is -1.62. The van der Waals surface area contributed by atoms with E-state index in [0.717, 1.165) is 0 Å². The number of anilines is 1. The van der Waals surface area contributed by atoms with Crippen molar-refractivity contribution in [3.8, 4) is 22.6 Å². The molecule has 0 aliphatic carbocycles. The number of benzene rings is 1. The molecule has 0 radical (unpaired) electrons. The fourth-order valence-electron chi connectivity index (χ4n) is 2.51. The number of H-pyrrole nitrogens is 1. The Morgan fingerprint density at radius 2 is 1.85 bits per heavy atom. The maximum atomic E-state index is 12.1. The summed E-state index contributed by atoms with van der Waals surface area (Å²) in [5.74, 6) is -3.27. The summed E-state index contributed by atoms with van der Waals surface area (Å²) in [5.41, 5.74) is 2.87. The molecule has 1 heterocycles. The first-order valence-electron chi connectivity index (χ1n) is 7.25. The molecule has 0 atom stereocenters. The van der Waals surface area contributed by atoms with E-state index in [-0.39, 0.29) is 34.3 Å². The highest BCUT2D eigenvalue weighted by molar-refractivity contribution is 6.32. The van der Waals surface area contributed by atoms with Gasteiger partial charge in [0.15, 0.2) is 11.5 Å². The number of carboxylic acid groups (broad SMARTS) is 2. The molecule has 26 heavy (non-hydrogen) atoms. The maximum Gasteiger partial charge on any atom is 0.342 e. The van der Waals surface area contributed by atoms with Gasteiger partial charge in [-0.25, -0.2) is 9.59 Å². The number of halogens is 1. The largest absolute Gasteiger partial charge is 0.491 e. The number of nitrogen functional groups attached to an aromatic ring is 1. The van der Waals surface area contributed by atoms with E-state index in [1.807, 2.05) is 4.98 Å². The van der Waals surface area contributed by atoms with Crippen molar-refractivity contribution in [1.82, 2.24) is 4.98 Å². The molecule has 5 N–H and O–H groups in total. The lowest BCUT2D eigenvalue weighted by Crippen LogP contribution is -2.24. The van der Waals surface area contributed by atoms with Gasteiger partial charge in [0.05, 0.1) is 18.7 Å². The Balaban J connectivity index is 2.98. The third-order valence-corrected chi connectivity index (χ3v) is 3.76. The monoisotopic (exact) mass is 382 g/mol. The summed E-state index contributed by atoms with van der Waals surface area (Å²) >= 11 is 6.15. The first-order chi connectivity index (χ1) is 12.2. The molecule has 138 valence electrons. The number of aromatic amines is 1. The van der Waals surface area contributed by atoms with E-state index in [0.29, 0.717) is 0 Å². The lowest BCUT2D eigenvalue weighted by molar-refractivity contribution is 0.0695. The van der Waals surface area contributed by atoms with Gasteiger partial charge in [-0.05, 0) is 24.6 Å². The molecule has 1 aromatic carbocycles. The van der Waals surface area contributed by atoms with Crippen molar-refractivity contribution in [2.75, 3.05) is 19.5 Å². The number of carbonyl (C=O) groups is 2. The van der Waals surface area contributed by atoms with E-state index in [4.69, 9.17) is 26.8 Å². The van der Waals surface area contributed by atoms with Gasteiger partial charge in [-0.2, -0.15) is 0 Å². The lowest BCUT2D eigenvalue weighted by Gasteiger charge is -2.16. The van der Waals surface area contributed by atoms with Gasteiger partial charge >= 0.3 is 11.9 Å². The minimum Gasteiger partial charge on any atom is -0.491 e. The second-order valence-corrected chi connectivity index (χ2v) is 5.43. The highest BCUT2D eigenvalue weighted by Gasteiger charge is 2.28. The molecule has 0 fully saturated rings. The highest BCUT2D eigenvalue weighted by Crippen LogP contribution is 2.41. The van der Waals surface area contributed by atoms with E-state index in [2.05, 4.69) is 0 Å². The number of rotatable bonds is 6. The number of hydrogen-bond acceptors (Lipinski definition) is 6. The molecule has 0 spiro atoms. The summed E-state index contributed by atoms with van der Waals surface area (Å²) in [7, 11) is 1.36. The van der Waals surface area contributed by atoms with Gasteiger partial charge in [0.25, 0.3) is 5.56 Å². The zero-order valence-corrected chi connectivity index (χ0v) is 14.5. The van der Waals surface area contributed by atoms with Crippen LogP contribution in [-0.4, -0.2) is 40.9 Å². The van der Waals surface area contributed by atoms with Gasteiger partial charge in [0.1, 0.15) is 16.9 Å². The van der Waals surface area contributed by atoms with Crippen LogP contribution in [0.1, 0.15) is 27.6 Å². The second-order valence-electron chi connectivity index (χ2n) is 5.03. The molecule has 1 aromatic heterocycles. The van der Waals surface area contributed by atoms with Crippen LogP contribution in [0.15, 0.2) is 16.9 Å². The molecule has 0 aliphatic rings. The van der Waals surface area contributed by atoms with Crippen molar-refractivity contribution >= 4 is 29.4 Å². The van der Waals surface area contributed by atoms with Gasteiger partial charge in [-0.1, -0.05) is 11.6 Å². The Morgan fingerprint density at radius 3 is 2.35 bits per heavy atom. The fourth-order valence-corrected chi connectivity index (χ4v) is 2.80. The van der Waals surface area contributed by atoms with Crippen molar-refractivity contribution in [2.24, 2.45) is 0 Å². The molecular weight excluding hydrogens is 368 g/mol. The molecule has 0 unspecified atom stereocenters. The van der Waals surface area contributed by atoms with Gasteiger partial charge < -0.3 is 30.4 Å². The normalized spacial score (nSPS) is 10.4. The number of aromatic nitrogens is 1. The molecule has 9 nitrogen and oxygen atoms in total. The zero-order valence-electron chi connectivity index (χ0n) is 13.8. The number of pyridine rings is 1. The Bertz CT molecular complexity index is 953. The van der Waals surface area contributed by atoms with Crippen LogP contribution in [-0.2, 0) is 0 Å². The zero-order chi connectivity index (χ0) is 19.6. The summed E-state index contributed by atoms with van der Waals surface area (Å²) in [4.78, 5) is 37.3. The second kappa shape index (κ2) is 7.36. The van der Waals surface area contributed by atoms with Gasteiger partial charge in [0.2, 0.25) is 0 Å². The molecule has 0 amide bonds. The average molecular weight is 383 g/mol. The Labute approximate surface area is 151 Å². The molecular formula is C16H15ClN2O7. The smallest absolute Gasteiger partial charge is 0.342 e. The van der Waals surface area contributed by atoms with Crippen molar-refractivity contribution in [3.05, 3.63) is 38.6 Å². The van der Waals surface area contributed by atoms with Crippen molar-refractivity contribution in [1.29, 1.82) is 0 Å². The number of methoxy groups -OCH3 is 1. The van der Waals surface area contributed by atoms with Crippen LogP contribution in [0.3, 0.4) is 0 Å². The number of hydrogen-bond donors (Lipinski definition) is 4. The van der Waals surface area contributed by atoms with Crippen LogP contribution in [0, 0.1) is 0 Å². The topological polar surface area (TPSA) is 152 Å². The van der Waals surface area contributed by atoms with Crippen LogP contribution in [0.4, 0.5) is 5.82 Å². The van der Waals surface area contributed by atoms with Gasteiger partial charge in [-0.15, -0.1) is 0 Å². The van der Waals surface area contributed by atoms with E-state index in [1.54, 1.807) is 6.92 Å². The van der Waals surface area contributed by atoms with Crippen molar-refractivity contribution < 1.29 is 29.3 Å². The Hall–Kier alpha value is -3.20. The SMILES string of the molecule is CCOc1cc(-c2c(C(=O)O)c(N)[nH]c(=O)c2C(=O)O)cc(Cl)c1OC. The summed E-state index contributed by atoms with van der Waals surface area (Å²) in [6, 6.07) is 2.61. The van der Waals surface area contributed by atoms with Crippen LogP contribution in [0.25, 0.3) is 11.1 Å². The van der Waals surface area contributed by atoms with Crippen LogP contribution < -0.4 is 20.8 Å². The number of carboxylic acids is 2. The summed E-state index contributed by atoms with van der Waals surface area (Å²) in [6.45, 7) is 1.95. The standard InChI is InChI=1S/C16H15ClN2O7/c1-3-26-8-5-6(4-7(17)12(8)25-2)9-10(15(21)22)13(18)19-14(20)11(9)16(23)24/h4-5H,3H2,1-2H3,(H,21,22)(H,23,24)(H3,18,19,20). The van der Waals surface area contributed by atoms with Gasteiger partial charge in [-0.3, -0.25) is 4.79 Å². The molecule has 0 bridgehead atoms. The third-order valence-electron chi connectivity index (χ3n) is 3.47. The Morgan fingerprint density at radius 1 is 1.23 bits per heavy atom. The minimum absolute atomic E-state index is 0.0341. The molecule has 0 saturated carbocycles. The van der Waals surface area contributed by atoms with E-state index in [9.17, 15) is 24.6 Å². The van der Waals surface area contributed by atoms with Gasteiger partial charge in [0, 0.05) is 5.56 Å². The molecule has 0 aliphatic heterocycles. The molecule has 2 aromatic rings. The predicted octanol–water partition coefficient (Wildman–Crippen LogP) is 2.08. The van der Waals surface area contributed by atoms with E-state index < -0.39 is 34.4 Å². The van der Waals surface area contributed by atoms with E-state index >= 15 is 0 Å².